The van der Waals surface area contributed by atoms with Crippen molar-refractivity contribution in [2.75, 3.05) is 0 Å². The predicted molar refractivity (Wildman–Crippen MR) is 70.1 cm³/mol. The molecule has 1 amide bonds. The van der Waals surface area contributed by atoms with Crippen molar-refractivity contribution in [3.8, 4) is 11.3 Å². The second-order valence-electron chi connectivity index (χ2n) is 4.12. The third-order valence-corrected chi connectivity index (χ3v) is 2.91. The van der Waals surface area contributed by atoms with Crippen LogP contribution in [-0.4, -0.2) is 15.8 Å². The van der Waals surface area contributed by atoms with Gasteiger partial charge in [-0.15, -0.1) is 0 Å². The van der Waals surface area contributed by atoms with E-state index in [9.17, 15) is 9.18 Å². The summed E-state index contributed by atoms with van der Waals surface area (Å²) in [6.07, 6.45) is 0. The van der Waals surface area contributed by atoms with E-state index in [1.54, 1.807) is 24.3 Å². The molecule has 0 unspecified atom stereocenters. The molecule has 2 N–H and O–H groups in total. The fourth-order valence-corrected chi connectivity index (χ4v) is 2.06. The lowest BCUT2D eigenvalue weighted by Crippen LogP contribution is -2.20. The Balaban J connectivity index is 2.29. The van der Waals surface area contributed by atoms with Gasteiger partial charge in [0, 0.05) is 10.9 Å². The molecule has 0 spiro atoms. The highest BCUT2D eigenvalue weighted by molar-refractivity contribution is 5.98. The molecular weight excluding hydrogens is 245 g/mol. The zero-order valence-electron chi connectivity index (χ0n) is 9.88. The summed E-state index contributed by atoms with van der Waals surface area (Å²) in [5, 5.41) is 5.01. The van der Waals surface area contributed by atoms with Crippen LogP contribution in [0.2, 0.25) is 0 Å². The van der Waals surface area contributed by atoms with Gasteiger partial charge >= 0.3 is 6.03 Å². The molecule has 5 heteroatoms. The molecule has 1 aromatic heterocycles. The van der Waals surface area contributed by atoms with Gasteiger partial charge < -0.3 is 5.73 Å². The molecule has 0 aliphatic rings. The van der Waals surface area contributed by atoms with Crippen LogP contribution >= 0.6 is 0 Å². The molecule has 94 valence electrons. The van der Waals surface area contributed by atoms with Crippen molar-refractivity contribution in [2.24, 2.45) is 5.73 Å². The number of carbonyl (C=O) groups is 1. The fraction of sp³-hybridized carbons (Fsp3) is 0. The number of nitrogens with two attached hydrogens (primary N) is 1. The van der Waals surface area contributed by atoms with E-state index in [0.717, 1.165) is 15.6 Å². The van der Waals surface area contributed by atoms with Crippen LogP contribution in [-0.2, 0) is 0 Å². The maximum atomic E-state index is 13.0. The Morgan fingerprint density at radius 2 is 1.79 bits per heavy atom. The van der Waals surface area contributed by atoms with Crippen LogP contribution in [0.5, 0.6) is 0 Å². The van der Waals surface area contributed by atoms with Crippen LogP contribution in [0.1, 0.15) is 0 Å². The Kier molecular flexibility index (Phi) is 2.52. The molecule has 0 radical (unpaired) electrons. The summed E-state index contributed by atoms with van der Waals surface area (Å²) in [4.78, 5) is 11.4. The Morgan fingerprint density at radius 3 is 2.47 bits per heavy atom. The molecule has 0 aliphatic carbocycles. The molecular formula is C14H10FN3O. The monoisotopic (exact) mass is 255 g/mol. The van der Waals surface area contributed by atoms with Gasteiger partial charge in [-0.25, -0.2) is 9.18 Å². The second-order valence-corrected chi connectivity index (χ2v) is 4.12. The first kappa shape index (κ1) is 11.4. The van der Waals surface area contributed by atoms with Gasteiger partial charge in [0.25, 0.3) is 0 Å². The summed E-state index contributed by atoms with van der Waals surface area (Å²) in [6, 6.07) is 12.6. The lowest BCUT2D eigenvalue weighted by atomic mass is 10.1. The van der Waals surface area contributed by atoms with Crippen LogP contribution in [0, 0.1) is 5.82 Å². The van der Waals surface area contributed by atoms with Crippen molar-refractivity contribution in [2.45, 2.75) is 0 Å². The number of nitrogens with zero attached hydrogens (tertiary/aromatic N) is 2. The largest absolute Gasteiger partial charge is 0.350 e. The number of hydrogen-bond donors (Lipinski definition) is 1. The van der Waals surface area contributed by atoms with Gasteiger partial charge in [0.1, 0.15) is 11.5 Å². The van der Waals surface area contributed by atoms with E-state index in [-0.39, 0.29) is 5.82 Å². The van der Waals surface area contributed by atoms with E-state index < -0.39 is 6.03 Å². The van der Waals surface area contributed by atoms with Gasteiger partial charge in [0.15, 0.2) is 0 Å². The predicted octanol–water partition coefficient (Wildman–Crippen LogP) is 2.77. The van der Waals surface area contributed by atoms with Gasteiger partial charge in [-0.3, -0.25) is 0 Å². The number of amides is 1. The first-order valence-corrected chi connectivity index (χ1v) is 5.70. The van der Waals surface area contributed by atoms with Crippen molar-refractivity contribution in [3.05, 3.63) is 54.3 Å². The molecule has 4 nitrogen and oxygen atoms in total. The molecule has 0 atom stereocenters. The van der Waals surface area contributed by atoms with Gasteiger partial charge in [0.2, 0.25) is 0 Å². The molecule has 2 aromatic carbocycles. The summed E-state index contributed by atoms with van der Waals surface area (Å²) < 4.78 is 14.1. The zero-order chi connectivity index (χ0) is 13.4. The van der Waals surface area contributed by atoms with Crippen LogP contribution in [0.4, 0.5) is 9.18 Å². The lowest BCUT2D eigenvalue weighted by Gasteiger charge is -1.97. The molecule has 0 fully saturated rings. The SMILES string of the molecule is NC(=O)[14n]1nc(-c2ccc(F)cc2)c2ccccc21. The smallest absolute Gasteiger partial charge is 0.340 e. The van der Waals surface area contributed by atoms with Gasteiger partial charge in [-0.1, -0.05) is 18.2 Å². The van der Waals surface area contributed by atoms with Crippen LogP contribution in [0.15, 0.2) is 48.5 Å². The molecule has 1 heterocycles. The van der Waals surface area contributed by atoms with Gasteiger partial charge in [0.05, 0.1) is 5.52 Å². The third kappa shape index (κ3) is 1.85. The van der Waals surface area contributed by atoms with Crippen LogP contribution < -0.4 is 5.73 Å². The minimum Gasteiger partial charge on any atom is -0.350 e. The number of hydrogen-bond acceptors (Lipinski definition) is 2. The summed E-state index contributed by atoms with van der Waals surface area (Å²) in [6.45, 7) is 0. The highest BCUT2D eigenvalue weighted by Gasteiger charge is 2.14. The molecule has 3 rings (SSSR count). The standard InChI is InChI=1S/C14H10FN3O/c15-10-7-5-9(6-8-10)13-11-3-1-2-4-12(11)18(17-13)14(16)19/h1-8H,(H2,16,19)/i18+0. The lowest BCUT2D eigenvalue weighted by molar-refractivity contribution is 0.248. The summed E-state index contributed by atoms with van der Waals surface area (Å²) in [5.41, 5.74) is 7.27. The second kappa shape index (κ2) is 4.20. The van der Waals surface area contributed by atoms with E-state index in [1.165, 1.54) is 12.1 Å². The first-order valence-electron chi connectivity index (χ1n) is 5.70. The van der Waals surface area contributed by atoms with Crippen molar-refractivity contribution in [1.82, 2.24) is 9.78 Å². The van der Waals surface area contributed by atoms with E-state index in [4.69, 9.17) is 5.73 Å². The first-order chi connectivity index (χ1) is 9.16. The minimum atomic E-state index is -0.649. The molecule has 3 aromatic rings. The van der Waals surface area contributed by atoms with E-state index >= 15 is 0 Å². The van der Waals surface area contributed by atoms with Crippen molar-refractivity contribution >= 4 is 16.9 Å². The summed E-state index contributed by atoms with van der Waals surface area (Å²) in [5.74, 6) is -0.317. The summed E-state index contributed by atoms with van der Waals surface area (Å²) >= 11 is 0. The third-order valence-electron chi connectivity index (χ3n) is 2.91. The molecule has 0 bridgehead atoms. The number of benzene rings is 2. The maximum absolute atomic E-state index is 13.0. The number of halogens is 1. The quantitative estimate of drug-likeness (QED) is 0.726. The average Bonchev–Trinajstić information content (AvgIpc) is 2.79. The topological polar surface area (TPSA) is 60.9 Å². The highest BCUT2D eigenvalue weighted by Crippen LogP contribution is 2.27. The number of fused-ring (bicyclic) bond motifs is 1. The van der Waals surface area contributed by atoms with Gasteiger partial charge in [-0.05, 0) is 30.3 Å². The molecule has 19 heavy (non-hydrogen) atoms. The minimum absolute atomic E-state index is 0.317. The average molecular weight is 255 g/mol. The fourth-order valence-electron chi connectivity index (χ4n) is 2.06. The molecule has 0 saturated carbocycles. The Hall–Kier alpha value is -2.69. The normalized spacial score (nSPS) is 10.8. The van der Waals surface area contributed by atoms with Crippen molar-refractivity contribution in [1.29, 1.82) is 0 Å². The number of aromatic nitrogens is 2. The number of para-hydroxylation sites is 1. The highest BCUT2D eigenvalue weighted by atomic mass is 19.1. The van der Waals surface area contributed by atoms with E-state index in [1.807, 2.05) is 12.1 Å². The number of primary amides is 1. The van der Waals surface area contributed by atoms with Crippen LogP contribution in [0.3, 0.4) is 0 Å². The molecule has 0 saturated heterocycles. The van der Waals surface area contributed by atoms with E-state index in [2.05, 4.69) is 5.10 Å². The van der Waals surface area contributed by atoms with Crippen LogP contribution in [0.25, 0.3) is 22.2 Å². The van der Waals surface area contributed by atoms with E-state index in [0.29, 0.717) is 11.2 Å². The zero-order valence-corrected chi connectivity index (χ0v) is 9.88. The van der Waals surface area contributed by atoms with Gasteiger partial charge in [-0.2, -0.15) is 9.78 Å². The summed E-state index contributed by atoms with van der Waals surface area (Å²) in [7, 11) is 0. The molecule has 0 aliphatic heterocycles. The number of rotatable bonds is 1. The maximum Gasteiger partial charge on any atom is 0.340 e. The van der Waals surface area contributed by atoms with Crippen molar-refractivity contribution < 1.29 is 9.18 Å². The van der Waals surface area contributed by atoms with Crippen molar-refractivity contribution in [3.63, 3.8) is 0 Å². The Labute approximate surface area is 108 Å². The Morgan fingerprint density at radius 1 is 1.11 bits per heavy atom. The number of carbonyl (C=O) groups excluding carboxylic acids is 1. The Bertz CT molecular complexity index is 762.